The number of benzene rings is 1. The third-order valence-electron chi connectivity index (χ3n) is 4.98. The summed E-state index contributed by atoms with van der Waals surface area (Å²) in [6.07, 6.45) is 5.08. The molecule has 2 atom stereocenters. The molecule has 1 aromatic heterocycles. The van der Waals surface area contributed by atoms with Crippen molar-refractivity contribution in [1.82, 2.24) is 15.7 Å². The van der Waals surface area contributed by atoms with Crippen molar-refractivity contribution in [3.8, 4) is 0 Å². The number of fused-ring (bicyclic) bond motifs is 1. The van der Waals surface area contributed by atoms with Crippen molar-refractivity contribution >= 4 is 34.1 Å². The first kappa shape index (κ1) is 17.0. The van der Waals surface area contributed by atoms with E-state index in [0.717, 1.165) is 11.3 Å². The van der Waals surface area contributed by atoms with E-state index < -0.39 is 0 Å². The number of nitrogens with one attached hydrogen (secondary N) is 3. The van der Waals surface area contributed by atoms with Crippen LogP contribution in [0.4, 0.5) is 5.82 Å². The molecule has 3 rings (SSSR count). The van der Waals surface area contributed by atoms with Crippen LogP contribution in [0.15, 0.2) is 24.3 Å². The summed E-state index contributed by atoms with van der Waals surface area (Å²) in [5.74, 6) is 1.46. The second-order valence-electron chi connectivity index (χ2n) is 6.89. The van der Waals surface area contributed by atoms with Gasteiger partial charge < -0.3 is 5.32 Å². The molecule has 0 aliphatic heterocycles. The standard InChI is InChI=1S/C19H26N4S/c1-12-7-4-5-10-16(12)20-19(24)23-22-17-11-14(3)15-9-6-8-13(2)18(15)21-17/h6,8-9,11-12,16H,4-5,7,10H2,1-3H3,(H,21,22)(H2,20,23,24)/t12-,16+/m1/s1. The zero-order valence-corrected chi connectivity index (χ0v) is 15.5. The minimum absolute atomic E-state index is 0.467. The molecule has 1 aliphatic rings. The summed E-state index contributed by atoms with van der Waals surface area (Å²) in [5.41, 5.74) is 9.64. The van der Waals surface area contributed by atoms with Gasteiger partial charge in [0.25, 0.3) is 0 Å². The average Bonchev–Trinajstić information content (AvgIpc) is 2.56. The topological polar surface area (TPSA) is 49.0 Å². The van der Waals surface area contributed by atoms with Gasteiger partial charge in [-0.2, -0.15) is 0 Å². The molecular formula is C19H26N4S. The maximum atomic E-state index is 5.43. The molecule has 24 heavy (non-hydrogen) atoms. The number of hydrogen-bond donors (Lipinski definition) is 3. The molecule has 3 N–H and O–H groups in total. The number of thiocarbonyl (C=S) groups is 1. The first-order valence-electron chi connectivity index (χ1n) is 8.74. The van der Waals surface area contributed by atoms with Crippen molar-refractivity contribution in [2.45, 2.75) is 52.5 Å². The van der Waals surface area contributed by atoms with Gasteiger partial charge in [-0.05, 0) is 62.0 Å². The van der Waals surface area contributed by atoms with Crippen molar-refractivity contribution in [1.29, 1.82) is 0 Å². The lowest BCUT2D eigenvalue weighted by atomic mass is 9.86. The molecule has 0 saturated heterocycles. The predicted molar refractivity (Wildman–Crippen MR) is 105 cm³/mol. The summed E-state index contributed by atoms with van der Waals surface area (Å²) in [7, 11) is 0. The lowest BCUT2D eigenvalue weighted by Crippen LogP contribution is -2.47. The lowest BCUT2D eigenvalue weighted by molar-refractivity contribution is 0.308. The Labute approximate surface area is 149 Å². The van der Waals surface area contributed by atoms with Gasteiger partial charge in [-0.25, -0.2) is 4.98 Å². The highest BCUT2D eigenvalue weighted by Crippen LogP contribution is 2.24. The Balaban J connectivity index is 1.65. The van der Waals surface area contributed by atoms with Gasteiger partial charge in [-0.15, -0.1) is 0 Å². The molecule has 2 aromatic rings. The Hall–Kier alpha value is -1.88. The van der Waals surface area contributed by atoms with Crippen molar-refractivity contribution in [2.75, 3.05) is 5.43 Å². The van der Waals surface area contributed by atoms with Crippen LogP contribution < -0.4 is 16.2 Å². The number of anilines is 1. The van der Waals surface area contributed by atoms with Crippen LogP contribution in [0.1, 0.15) is 43.7 Å². The van der Waals surface area contributed by atoms with Crippen LogP contribution in [-0.2, 0) is 0 Å². The van der Waals surface area contributed by atoms with Gasteiger partial charge in [-0.1, -0.05) is 38.0 Å². The van der Waals surface area contributed by atoms with E-state index >= 15 is 0 Å². The lowest BCUT2D eigenvalue weighted by Gasteiger charge is -2.30. The third-order valence-corrected chi connectivity index (χ3v) is 5.20. The highest BCUT2D eigenvalue weighted by Gasteiger charge is 2.21. The number of hydrazine groups is 1. The highest BCUT2D eigenvalue weighted by molar-refractivity contribution is 7.80. The number of pyridine rings is 1. The van der Waals surface area contributed by atoms with Crippen molar-refractivity contribution in [3.05, 3.63) is 35.4 Å². The van der Waals surface area contributed by atoms with Gasteiger partial charge >= 0.3 is 0 Å². The number of aromatic nitrogens is 1. The summed E-state index contributed by atoms with van der Waals surface area (Å²) < 4.78 is 0. The van der Waals surface area contributed by atoms with E-state index in [1.54, 1.807) is 0 Å². The van der Waals surface area contributed by atoms with Gasteiger partial charge in [0.2, 0.25) is 0 Å². The molecule has 1 saturated carbocycles. The van der Waals surface area contributed by atoms with E-state index in [1.807, 2.05) is 6.07 Å². The van der Waals surface area contributed by atoms with Crippen LogP contribution in [0.3, 0.4) is 0 Å². The first-order chi connectivity index (χ1) is 11.5. The number of aryl methyl sites for hydroxylation is 2. The van der Waals surface area contributed by atoms with E-state index in [9.17, 15) is 0 Å². The minimum Gasteiger partial charge on any atom is -0.358 e. The average molecular weight is 343 g/mol. The largest absolute Gasteiger partial charge is 0.358 e. The fraction of sp³-hybridized carbons (Fsp3) is 0.474. The minimum atomic E-state index is 0.467. The van der Waals surface area contributed by atoms with Crippen LogP contribution in [0.25, 0.3) is 10.9 Å². The van der Waals surface area contributed by atoms with Crippen LogP contribution in [0.2, 0.25) is 0 Å². The smallest absolute Gasteiger partial charge is 0.185 e. The molecule has 1 fully saturated rings. The zero-order valence-electron chi connectivity index (χ0n) is 14.6. The van der Waals surface area contributed by atoms with Crippen molar-refractivity contribution in [2.24, 2.45) is 5.92 Å². The Morgan fingerprint density at radius 2 is 1.96 bits per heavy atom. The summed E-state index contributed by atoms with van der Waals surface area (Å²) in [6, 6.07) is 8.78. The highest BCUT2D eigenvalue weighted by atomic mass is 32.1. The van der Waals surface area contributed by atoms with E-state index in [0.29, 0.717) is 17.1 Å². The van der Waals surface area contributed by atoms with E-state index in [4.69, 9.17) is 17.2 Å². The fourth-order valence-electron chi connectivity index (χ4n) is 3.48. The quantitative estimate of drug-likeness (QED) is 0.576. The maximum absolute atomic E-state index is 5.43. The zero-order chi connectivity index (χ0) is 17.1. The van der Waals surface area contributed by atoms with Gasteiger partial charge in [-0.3, -0.25) is 10.9 Å². The van der Waals surface area contributed by atoms with Crippen LogP contribution in [0.5, 0.6) is 0 Å². The van der Waals surface area contributed by atoms with Crippen molar-refractivity contribution in [3.63, 3.8) is 0 Å². The van der Waals surface area contributed by atoms with Crippen LogP contribution in [-0.4, -0.2) is 16.1 Å². The molecule has 1 heterocycles. The van der Waals surface area contributed by atoms with Crippen molar-refractivity contribution < 1.29 is 0 Å². The second-order valence-corrected chi connectivity index (χ2v) is 7.30. The number of hydrogen-bond acceptors (Lipinski definition) is 3. The SMILES string of the molecule is Cc1cc(NNC(=S)N[C@H]2CCCC[C@H]2C)nc2c(C)cccc12. The Bertz CT molecular complexity index is 743. The van der Waals surface area contributed by atoms with E-state index in [2.05, 4.69) is 55.1 Å². The van der Waals surface area contributed by atoms with Gasteiger partial charge in [0.05, 0.1) is 5.52 Å². The van der Waals surface area contributed by atoms with Gasteiger partial charge in [0, 0.05) is 11.4 Å². The van der Waals surface area contributed by atoms with Crippen LogP contribution >= 0.6 is 12.2 Å². The van der Waals surface area contributed by atoms with E-state index in [1.165, 1.54) is 42.2 Å². The fourth-order valence-corrected chi connectivity index (χ4v) is 3.68. The molecule has 0 amide bonds. The van der Waals surface area contributed by atoms with E-state index in [-0.39, 0.29) is 0 Å². The summed E-state index contributed by atoms with van der Waals surface area (Å²) in [5, 5.41) is 5.26. The Kier molecular flexibility index (Phi) is 5.19. The molecule has 128 valence electrons. The van der Waals surface area contributed by atoms with Gasteiger partial charge in [0.1, 0.15) is 5.82 Å². The molecule has 0 unspecified atom stereocenters. The Morgan fingerprint density at radius 3 is 2.75 bits per heavy atom. The molecule has 0 spiro atoms. The monoisotopic (exact) mass is 342 g/mol. The molecule has 0 radical (unpaired) electrons. The van der Waals surface area contributed by atoms with Gasteiger partial charge in [0.15, 0.2) is 5.11 Å². The Morgan fingerprint density at radius 1 is 1.17 bits per heavy atom. The molecule has 5 heteroatoms. The number of nitrogens with zero attached hydrogens (tertiary/aromatic N) is 1. The molecule has 1 aliphatic carbocycles. The first-order valence-corrected chi connectivity index (χ1v) is 9.15. The molecule has 1 aromatic carbocycles. The predicted octanol–water partition coefficient (Wildman–Crippen LogP) is 4.22. The maximum Gasteiger partial charge on any atom is 0.185 e. The number of rotatable bonds is 3. The third kappa shape index (κ3) is 3.78. The molecular weight excluding hydrogens is 316 g/mol. The second kappa shape index (κ2) is 7.34. The molecule has 4 nitrogen and oxygen atoms in total. The summed E-state index contributed by atoms with van der Waals surface area (Å²) in [6.45, 7) is 6.49. The molecule has 0 bridgehead atoms. The summed E-state index contributed by atoms with van der Waals surface area (Å²) in [4.78, 5) is 4.71. The van der Waals surface area contributed by atoms with Crippen LogP contribution in [0, 0.1) is 19.8 Å². The normalized spacial score (nSPS) is 20.6. The number of para-hydroxylation sites is 1. The summed E-state index contributed by atoms with van der Waals surface area (Å²) >= 11 is 5.43.